The van der Waals surface area contributed by atoms with Gasteiger partial charge in [-0.15, -0.1) is 0 Å². The van der Waals surface area contributed by atoms with E-state index in [-0.39, 0.29) is 34.3 Å². The zero-order valence-electron chi connectivity index (χ0n) is 15.9. The van der Waals surface area contributed by atoms with Crippen LogP contribution in [0.2, 0.25) is 0 Å². The number of hydrogen-bond donors (Lipinski definition) is 0. The Hall–Kier alpha value is -2.95. The summed E-state index contributed by atoms with van der Waals surface area (Å²) in [4.78, 5) is 13.2. The van der Waals surface area contributed by atoms with Crippen LogP contribution in [-0.2, 0) is 0 Å². The largest absolute Gasteiger partial charge is 0.363 e. The van der Waals surface area contributed by atoms with Gasteiger partial charge >= 0.3 is 0 Å². The Labute approximate surface area is 168 Å². The van der Waals surface area contributed by atoms with Crippen LogP contribution in [0.15, 0.2) is 60.7 Å². The zero-order chi connectivity index (χ0) is 19.7. The summed E-state index contributed by atoms with van der Waals surface area (Å²) in [6.45, 7) is 0.939. The fraction of sp³-hybridized carbons (Fsp3) is 0.333. The van der Waals surface area contributed by atoms with E-state index in [2.05, 4.69) is 29.2 Å². The second kappa shape index (κ2) is 6.02. The normalized spacial score (nSPS) is 30.8. The van der Waals surface area contributed by atoms with Crippen LogP contribution >= 0.6 is 0 Å². The van der Waals surface area contributed by atoms with Crippen molar-refractivity contribution in [1.29, 1.82) is 0 Å². The lowest BCUT2D eigenvalue weighted by Gasteiger charge is -2.51. The standard InChI is InChI=1S/C24H21FN2O2/c25-16-11-21-18-4-1-3-15(18)13-26-23(14-7-9-17(10-8-14)27(28)29)20-6-2-5-19(20)22(12-16)24(21)26/h1-2,4-5,7-12,15,18-20,23H,3,6,13H2/t15-,18-,19+,20-,23+/m0/s1. The number of allylic oxidation sites excluding steroid dienone is 4. The molecule has 4 nitrogen and oxygen atoms in total. The van der Waals surface area contributed by atoms with Gasteiger partial charge in [0, 0.05) is 36.2 Å². The molecule has 29 heavy (non-hydrogen) atoms. The van der Waals surface area contributed by atoms with Gasteiger partial charge in [-0.1, -0.05) is 36.4 Å². The Balaban J connectivity index is 1.54. The van der Waals surface area contributed by atoms with Crippen molar-refractivity contribution in [2.75, 3.05) is 11.4 Å². The summed E-state index contributed by atoms with van der Waals surface area (Å²) in [5, 5.41) is 11.1. The van der Waals surface area contributed by atoms with Gasteiger partial charge in [0.25, 0.3) is 5.69 Å². The van der Waals surface area contributed by atoms with E-state index in [0.29, 0.717) is 11.8 Å². The second-order valence-electron chi connectivity index (χ2n) is 8.68. The van der Waals surface area contributed by atoms with Crippen LogP contribution in [0.25, 0.3) is 0 Å². The first kappa shape index (κ1) is 17.0. The number of halogens is 1. The first-order valence-electron chi connectivity index (χ1n) is 10.3. The highest BCUT2D eigenvalue weighted by molar-refractivity contribution is 5.70. The average Bonchev–Trinajstić information content (AvgIpc) is 3.37. The lowest BCUT2D eigenvalue weighted by atomic mass is 9.70. The van der Waals surface area contributed by atoms with Crippen molar-refractivity contribution >= 4 is 11.4 Å². The molecule has 0 N–H and O–H groups in total. The lowest BCUT2D eigenvalue weighted by Crippen LogP contribution is -2.46. The monoisotopic (exact) mass is 388 g/mol. The molecule has 5 heteroatoms. The lowest BCUT2D eigenvalue weighted by molar-refractivity contribution is -0.384. The minimum Gasteiger partial charge on any atom is -0.363 e. The Kier molecular flexibility index (Phi) is 3.52. The highest BCUT2D eigenvalue weighted by Gasteiger charge is 2.47. The van der Waals surface area contributed by atoms with Gasteiger partial charge in [0.2, 0.25) is 0 Å². The van der Waals surface area contributed by atoms with E-state index in [1.165, 1.54) is 5.69 Å². The van der Waals surface area contributed by atoms with Crippen LogP contribution in [-0.4, -0.2) is 11.5 Å². The van der Waals surface area contributed by atoms with Gasteiger partial charge in [-0.2, -0.15) is 0 Å². The maximum Gasteiger partial charge on any atom is 0.269 e. The number of fused-ring (bicyclic) bond motifs is 4. The van der Waals surface area contributed by atoms with Crippen molar-refractivity contribution in [2.24, 2.45) is 11.8 Å². The van der Waals surface area contributed by atoms with E-state index in [9.17, 15) is 14.5 Å². The van der Waals surface area contributed by atoms with E-state index < -0.39 is 0 Å². The molecular weight excluding hydrogens is 367 g/mol. The third kappa shape index (κ3) is 2.36. The molecule has 0 radical (unpaired) electrons. The molecule has 2 aromatic carbocycles. The number of non-ortho nitro benzene ring substituents is 1. The molecule has 6 rings (SSSR count). The maximum atomic E-state index is 14.6. The predicted octanol–water partition coefficient (Wildman–Crippen LogP) is 5.63. The number of nitro groups is 1. The summed E-state index contributed by atoms with van der Waals surface area (Å²) in [6, 6.07) is 10.6. The van der Waals surface area contributed by atoms with Gasteiger partial charge in [-0.25, -0.2) is 4.39 Å². The third-order valence-corrected chi connectivity index (χ3v) is 7.26. The van der Waals surface area contributed by atoms with Crippen LogP contribution in [0, 0.1) is 27.8 Å². The number of hydrogen-bond acceptors (Lipinski definition) is 3. The fourth-order valence-corrected chi connectivity index (χ4v) is 6.11. The minimum atomic E-state index is -0.351. The van der Waals surface area contributed by atoms with Crippen LogP contribution in [0.3, 0.4) is 0 Å². The van der Waals surface area contributed by atoms with Crippen molar-refractivity contribution in [3.8, 4) is 0 Å². The van der Waals surface area contributed by atoms with Crippen molar-refractivity contribution in [2.45, 2.75) is 30.7 Å². The molecule has 4 aliphatic rings. The maximum absolute atomic E-state index is 14.6. The number of nitrogens with zero attached hydrogens (tertiary/aromatic N) is 2. The summed E-state index contributed by atoms with van der Waals surface area (Å²) < 4.78 is 14.6. The highest BCUT2D eigenvalue weighted by Crippen LogP contribution is 2.58. The molecule has 2 aliphatic carbocycles. The average molecular weight is 388 g/mol. The smallest absolute Gasteiger partial charge is 0.269 e. The van der Waals surface area contributed by atoms with Gasteiger partial charge in [0.1, 0.15) is 5.82 Å². The Morgan fingerprint density at radius 3 is 2.45 bits per heavy atom. The van der Waals surface area contributed by atoms with E-state index >= 15 is 0 Å². The molecule has 2 aliphatic heterocycles. The molecule has 2 aromatic rings. The number of benzene rings is 2. The molecule has 5 atom stereocenters. The van der Waals surface area contributed by atoms with Crippen LogP contribution in [0.1, 0.15) is 47.4 Å². The van der Waals surface area contributed by atoms with Crippen LogP contribution < -0.4 is 4.90 Å². The van der Waals surface area contributed by atoms with Crippen molar-refractivity contribution in [1.82, 2.24) is 0 Å². The topological polar surface area (TPSA) is 46.4 Å². The highest BCUT2D eigenvalue weighted by atomic mass is 19.1. The molecule has 0 bridgehead atoms. The van der Waals surface area contributed by atoms with Gasteiger partial charge in [-0.05, 0) is 53.5 Å². The Bertz CT molecular complexity index is 1060. The fourth-order valence-electron chi connectivity index (χ4n) is 6.11. The van der Waals surface area contributed by atoms with Gasteiger partial charge < -0.3 is 4.90 Å². The number of nitro benzene ring substituents is 1. The molecule has 146 valence electrons. The van der Waals surface area contributed by atoms with Gasteiger partial charge in [0.05, 0.1) is 11.0 Å². The van der Waals surface area contributed by atoms with Gasteiger partial charge in [0.15, 0.2) is 0 Å². The number of anilines is 1. The molecule has 2 heterocycles. The Morgan fingerprint density at radius 1 is 1.00 bits per heavy atom. The molecule has 0 unspecified atom stereocenters. The van der Waals surface area contributed by atoms with Crippen LogP contribution in [0.5, 0.6) is 0 Å². The first-order chi connectivity index (χ1) is 14.1. The van der Waals surface area contributed by atoms with E-state index in [1.807, 2.05) is 12.1 Å². The van der Waals surface area contributed by atoms with Gasteiger partial charge in [-0.3, -0.25) is 10.1 Å². The number of rotatable bonds is 2. The van der Waals surface area contributed by atoms with E-state index in [0.717, 1.165) is 36.1 Å². The molecule has 0 aromatic heterocycles. The second-order valence-corrected chi connectivity index (χ2v) is 8.68. The summed E-state index contributed by atoms with van der Waals surface area (Å²) in [6.07, 6.45) is 10.9. The summed E-state index contributed by atoms with van der Waals surface area (Å²) >= 11 is 0. The Morgan fingerprint density at radius 2 is 1.69 bits per heavy atom. The summed E-state index contributed by atoms with van der Waals surface area (Å²) in [7, 11) is 0. The van der Waals surface area contributed by atoms with Crippen LogP contribution in [0.4, 0.5) is 15.8 Å². The third-order valence-electron chi connectivity index (χ3n) is 7.26. The molecule has 0 fully saturated rings. The molecule has 0 saturated carbocycles. The quantitative estimate of drug-likeness (QED) is 0.381. The van der Waals surface area contributed by atoms with Crippen molar-refractivity contribution < 1.29 is 9.31 Å². The molecule has 0 spiro atoms. The molecular formula is C24H21FN2O2. The minimum absolute atomic E-state index is 0.118. The predicted molar refractivity (Wildman–Crippen MR) is 110 cm³/mol. The molecule has 0 amide bonds. The SMILES string of the molecule is O=[N+]([O-])c1ccc([C@@H]2[C@H]3CC=C[C@H]3c3cc(F)cc4c3N2C[C@@H]2CC=C[C@H]42)cc1. The first-order valence-corrected chi connectivity index (χ1v) is 10.3. The zero-order valence-corrected chi connectivity index (χ0v) is 15.9. The van der Waals surface area contributed by atoms with E-state index in [1.54, 1.807) is 24.3 Å². The summed E-state index contributed by atoms with van der Waals surface area (Å²) in [5.41, 5.74) is 4.63. The van der Waals surface area contributed by atoms with E-state index in [4.69, 9.17) is 0 Å². The van der Waals surface area contributed by atoms with Crippen molar-refractivity contribution in [3.05, 3.63) is 93.3 Å². The summed E-state index contributed by atoms with van der Waals surface area (Å²) in [5.74, 6) is 1.12. The van der Waals surface area contributed by atoms with Crippen molar-refractivity contribution in [3.63, 3.8) is 0 Å². The molecule has 0 saturated heterocycles.